The molecule has 0 fully saturated rings. The van der Waals surface area contributed by atoms with E-state index in [1.165, 1.54) is 11.1 Å². The van der Waals surface area contributed by atoms with Crippen LogP contribution >= 0.6 is 24.0 Å². The number of halogens is 1. The first-order valence-corrected chi connectivity index (χ1v) is 7.14. The largest absolute Gasteiger partial charge is 0.353 e. The lowest BCUT2D eigenvalue weighted by atomic mass is 10.00. The third kappa shape index (κ3) is 5.01. The molecule has 0 unspecified atom stereocenters. The molecule has 120 valence electrons. The van der Waals surface area contributed by atoms with Gasteiger partial charge in [0.15, 0.2) is 5.96 Å². The smallest absolute Gasteiger partial charge is 0.242 e. The van der Waals surface area contributed by atoms with Crippen LogP contribution < -0.4 is 10.6 Å². The van der Waals surface area contributed by atoms with Crippen molar-refractivity contribution in [1.82, 2.24) is 15.5 Å². The van der Waals surface area contributed by atoms with Crippen LogP contribution in [-0.4, -0.2) is 43.4 Å². The Morgan fingerprint density at radius 3 is 2.77 bits per heavy atom. The highest BCUT2D eigenvalue weighted by Crippen LogP contribution is 2.18. The van der Waals surface area contributed by atoms with Crippen molar-refractivity contribution < 1.29 is 4.79 Å². The number of amides is 1. The summed E-state index contributed by atoms with van der Waals surface area (Å²) in [5, 5.41) is 6.07. The zero-order chi connectivity index (χ0) is 15.1. The minimum atomic E-state index is 0. The highest BCUT2D eigenvalue weighted by molar-refractivity contribution is 14.0. The second kappa shape index (κ2) is 9.45. The highest BCUT2D eigenvalue weighted by atomic mass is 127. The molecule has 2 N–H and O–H groups in total. The fraction of sp³-hybridized carbons (Fsp3) is 0.375. The number of nitrogens with one attached hydrogen (secondary N) is 2. The van der Waals surface area contributed by atoms with E-state index in [0.29, 0.717) is 19.0 Å². The van der Waals surface area contributed by atoms with Crippen molar-refractivity contribution in [3.8, 4) is 0 Å². The number of fused-ring (bicyclic) bond motifs is 1. The minimum Gasteiger partial charge on any atom is -0.353 e. The minimum absolute atomic E-state index is 0. The van der Waals surface area contributed by atoms with E-state index in [2.05, 4.69) is 34.3 Å². The second-order valence-corrected chi connectivity index (χ2v) is 4.93. The molecule has 0 aromatic heterocycles. The lowest BCUT2D eigenvalue weighted by Crippen LogP contribution is -2.45. The maximum absolute atomic E-state index is 12.3. The zero-order valence-corrected chi connectivity index (χ0v) is 15.2. The summed E-state index contributed by atoms with van der Waals surface area (Å²) in [5.41, 5.74) is 2.59. The Bertz CT molecular complexity index is 545. The number of carbonyl (C=O) groups excluding carboxylic acids is 1. The molecule has 0 aliphatic carbocycles. The second-order valence-electron chi connectivity index (χ2n) is 4.93. The van der Waals surface area contributed by atoms with Crippen molar-refractivity contribution in [2.45, 2.75) is 13.0 Å². The quantitative estimate of drug-likeness (QED) is 0.340. The van der Waals surface area contributed by atoms with E-state index in [4.69, 9.17) is 0 Å². The Balaban J connectivity index is 0.00000242. The SMILES string of the molecule is C=CCNC(=NC)NCC(=O)N1CCc2ccccc2C1.I. The molecule has 0 radical (unpaired) electrons. The third-order valence-corrected chi connectivity index (χ3v) is 3.53. The number of aliphatic imine (C=N–C) groups is 1. The van der Waals surface area contributed by atoms with Gasteiger partial charge < -0.3 is 15.5 Å². The lowest BCUT2D eigenvalue weighted by molar-refractivity contribution is -0.130. The van der Waals surface area contributed by atoms with Gasteiger partial charge in [-0.3, -0.25) is 9.79 Å². The van der Waals surface area contributed by atoms with Crippen LogP contribution in [0.25, 0.3) is 0 Å². The Morgan fingerprint density at radius 1 is 1.36 bits per heavy atom. The Kier molecular flexibility index (Phi) is 7.94. The molecule has 0 saturated heterocycles. The average molecular weight is 414 g/mol. The summed E-state index contributed by atoms with van der Waals surface area (Å²) >= 11 is 0. The van der Waals surface area contributed by atoms with Gasteiger partial charge in [0.1, 0.15) is 0 Å². The van der Waals surface area contributed by atoms with Crippen molar-refractivity contribution in [1.29, 1.82) is 0 Å². The fourth-order valence-corrected chi connectivity index (χ4v) is 2.37. The number of hydrogen-bond donors (Lipinski definition) is 2. The van der Waals surface area contributed by atoms with Gasteiger partial charge >= 0.3 is 0 Å². The first-order valence-electron chi connectivity index (χ1n) is 7.14. The summed E-state index contributed by atoms with van der Waals surface area (Å²) in [6.07, 6.45) is 2.67. The Labute approximate surface area is 148 Å². The zero-order valence-electron chi connectivity index (χ0n) is 12.8. The van der Waals surface area contributed by atoms with Gasteiger partial charge in [-0.2, -0.15) is 0 Å². The molecule has 1 aliphatic rings. The number of nitrogens with zero attached hydrogens (tertiary/aromatic N) is 2. The molecular weight excluding hydrogens is 391 g/mol. The molecule has 22 heavy (non-hydrogen) atoms. The maximum Gasteiger partial charge on any atom is 0.242 e. The van der Waals surface area contributed by atoms with E-state index in [-0.39, 0.29) is 36.4 Å². The van der Waals surface area contributed by atoms with Crippen molar-refractivity contribution in [2.24, 2.45) is 4.99 Å². The van der Waals surface area contributed by atoms with Gasteiger partial charge in [-0.05, 0) is 17.5 Å². The van der Waals surface area contributed by atoms with Crippen LogP contribution in [0, 0.1) is 0 Å². The number of carbonyl (C=O) groups is 1. The summed E-state index contributed by atoms with van der Waals surface area (Å²) in [7, 11) is 1.68. The number of guanidine groups is 1. The number of benzene rings is 1. The number of rotatable bonds is 4. The third-order valence-electron chi connectivity index (χ3n) is 3.53. The average Bonchev–Trinajstić information content (AvgIpc) is 2.54. The first kappa shape index (κ1) is 18.5. The molecule has 1 aromatic rings. The van der Waals surface area contributed by atoms with Crippen molar-refractivity contribution in [3.05, 3.63) is 48.0 Å². The molecule has 5 nitrogen and oxygen atoms in total. The monoisotopic (exact) mass is 414 g/mol. The topological polar surface area (TPSA) is 56.7 Å². The van der Waals surface area contributed by atoms with Crippen LogP contribution in [0.1, 0.15) is 11.1 Å². The van der Waals surface area contributed by atoms with Crippen LogP contribution in [0.5, 0.6) is 0 Å². The fourth-order valence-electron chi connectivity index (χ4n) is 2.37. The molecule has 6 heteroatoms. The molecule has 1 aliphatic heterocycles. The predicted octanol–water partition coefficient (Wildman–Crippen LogP) is 1.54. The Morgan fingerprint density at radius 2 is 2.09 bits per heavy atom. The molecule has 0 atom stereocenters. The molecule has 0 bridgehead atoms. The van der Waals surface area contributed by atoms with Crippen LogP contribution in [0.15, 0.2) is 41.9 Å². The van der Waals surface area contributed by atoms with Crippen LogP contribution in [-0.2, 0) is 17.8 Å². The summed E-state index contributed by atoms with van der Waals surface area (Å²) < 4.78 is 0. The van der Waals surface area contributed by atoms with E-state index in [1.54, 1.807) is 13.1 Å². The molecule has 1 aromatic carbocycles. The molecule has 2 rings (SSSR count). The Hall–Kier alpha value is -1.57. The normalized spacial score (nSPS) is 13.7. The summed E-state index contributed by atoms with van der Waals surface area (Å²) in [4.78, 5) is 18.2. The summed E-state index contributed by atoms with van der Waals surface area (Å²) in [6, 6.07) is 8.29. The number of hydrogen-bond acceptors (Lipinski definition) is 2. The van der Waals surface area contributed by atoms with E-state index < -0.39 is 0 Å². The maximum atomic E-state index is 12.3. The summed E-state index contributed by atoms with van der Waals surface area (Å²) in [5.74, 6) is 0.701. The van der Waals surface area contributed by atoms with Gasteiger partial charge in [-0.15, -0.1) is 30.6 Å². The predicted molar refractivity (Wildman–Crippen MR) is 101 cm³/mol. The molecule has 0 saturated carbocycles. The van der Waals surface area contributed by atoms with Crippen molar-refractivity contribution >= 4 is 35.8 Å². The van der Waals surface area contributed by atoms with Gasteiger partial charge in [-0.1, -0.05) is 30.3 Å². The van der Waals surface area contributed by atoms with Gasteiger partial charge in [0.2, 0.25) is 5.91 Å². The summed E-state index contributed by atoms with van der Waals surface area (Å²) in [6.45, 7) is 5.97. The van der Waals surface area contributed by atoms with Gasteiger partial charge in [0.05, 0.1) is 6.54 Å². The van der Waals surface area contributed by atoms with Crippen LogP contribution in [0.3, 0.4) is 0 Å². The van der Waals surface area contributed by atoms with E-state index in [9.17, 15) is 4.79 Å². The van der Waals surface area contributed by atoms with Crippen LogP contribution in [0.4, 0.5) is 0 Å². The van der Waals surface area contributed by atoms with Crippen molar-refractivity contribution in [2.75, 3.05) is 26.7 Å². The lowest BCUT2D eigenvalue weighted by Gasteiger charge is -2.29. The molecular formula is C16H23IN4O. The standard InChI is InChI=1S/C16H22N4O.HI/c1-3-9-18-16(17-2)19-11-15(21)20-10-8-13-6-4-5-7-14(13)12-20;/h3-7H,1,8-12H2,2H3,(H2,17,18,19);1H. The highest BCUT2D eigenvalue weighted by Gasteiger charge is 2.20. The van der Waals surface area contributed by atoms with Crippen molar-refractivity contribution in [3.63, 3.8) is 0 Å². The van der Waals surface area contributed by atoms with E-state index >= 15 is 0 Å². The first-order chi connectivity index (χ1) is 10.2. The van der Waals surface area contributed by atoms with E-state index in [0.717, 1.165) is 13.0 Å². The van der Waals surface area contributed by atoms with Gasteiger partial charge in [0.25, 0.3) is 0 Å². The molecule has 0 spiro atoms. The molecule has 1 heterocycles. The van der Waals surface area contributed by atoms with E-state index in [1.807, 2.05) is 17.0 Å². The van der Waals surface area contributed by atoms with Crippen LogP contribution in [0.2, 0.25) is 0 Å². The van der Waals surface area contributed by atoms with Gasteiger partial charge in [0, 0.05) is 26.7 Å². The molecule has 1 amide bonds. The van der Waals surface area contributed by atoms with Gasteiger partial charge in [-0.25, -0.2) is 0 Å².